The quantitative estimate of drug-likeness (QED) is 0.805. The lowest BCUT2D eigenvalue weighted by atomic mass is 10.0. The molecule has 0 spiro atoms. The molecule has 2 N–H and O–H groups in total. The molecule has 0 bridgehead atoms. The average Bonchev–Trinajstić information content (AvgIpc) is 2.33. The monoisotopic (exact) mass is 285 g/mol. The molecule has 0 amide bonds. The Hall–Kier alpha value is -1.00. The fraction of sp³-hybridized carbons (Fsp3) is 0.571. The first-order valence-corrected chi connectivity index (χ1v) is 6.91. The summed E-state index contributed by atoms with van der Waals surface area (Å²) in [4.78, 5) is 4.60. The van der Waals surface area contributed by atoms with Gasteiger partial charge in [0.2, 0.25) is 0 Å². The summed E-state index contributed by atoms with van der Waals surface area (Å²) < 4.78 is 13.3. The van der Waals surface area contributed by atoms with Crippen molar-refractivity contribution in [3.8, 4) is 0 Å². The predicted molar refractivity (Wildman–Crippen MR) is 79.4 cm³/mol. The highest BCUT2D eigenvalue weighted by atomic mass is 35.5. The van der Waals surface area contributed by atoms with Crippen molar-refractivity contribution in [1.82, 2.24) is 4.90 Å². The molecule has 1 aromatic carbocycles. The van der Waals surface area contributed by atoms with Crippen molar-refractivity contribution in [1.29, 1.82) is 0 Å². The van der Waals surface area contributed by atoms with Crippen molar-refractivity contribution in [2.24, 2.45) is 0 Å². The standard InChI is InChI=1S/C14H21ClFN3/c1-14(2,3)19-6-4-18(5-7-19)13-8-10(15)11(16)9-12(13)17/h8-9H,4-7,17H2,1-3H3. The summed E-state index contributed by atoms with van der Waals surface area (Å²) in [5.41, 5.74) is 7.35. The second-order valence-corrected chi connectivity index (χ2v) is 6.38. The molecule has 3 nitrogen and oxygen atoms in total. The van der Waals surface area contributed by atoms with Crippen LogP contribution in [-0.2, 0) is 0 Å². The third-order valence-corrected chi connectivity index (χ3v) is 3.93. The summed E-state index contributed by atoms with van der Waals surface area (Å²) in [5, 5.41) is 0.127. The van der Waals surface area contributed by atoms with Crippen molar-refractivity contribution >= 4 is 23.0 Å². The van der Waals surface area contributed by atoms with Crippen LogP contribution in [-0.4, -0.2) is 36.6 Å². The van der Waals surface area contributed by atoms with Gasteiger partial charge < -0.3 is 10.6 Å². The minimum Gasteiger partial charge on any atom is -0.397 e. The highest BCUT2D eigenvalue weighted by Gasteiger charge is 2.26. The lowest BCUT2D eigenvalue weighted by Crippen LogP contribution is -2.53. The molecule has 1 aliphatic rings. The van der Waals surface area contributed by atoms with Gasteiger partial charge in [0.25, 0.3) is 0 Å². The largest absolute Gasteiger partial charge is 0.397 e. The number of nitrogens with two attached hydrogens (primary N) is 1. The Morgan fingerprint density at radius 1 is 1.16 bits per heavy atom. The SMILES string of the molecule is CC(C)(C)N1CCN(c2cc(Cl)c(F)cc2N)CC1. The first-order valence-electron chi connectivity index (χ1n) is 6.53. The third-order valence-electron chi connectivity index (χ3n) is 3.64. The van der Waals surface area contributed by atoms with E-state index in [4.69, 9.17) is 17.3 Å². The van der Waals surface area contributed by atoms with Gasteiger partial charge in [0.15, 0.2) is 0 Å². The maximum atomic E-state index is 13.3. The first kappa shape index (κ1) is 14.4. The average molecular weight is 286 g/mol. The van der Waals surface area contributed by atoms with Crippen LogP contribution < -0.4 is 10.6 Å². The van der Waals surface area contributed by atoms with Gasteiger partial charge in [0.1, 0.15) is 5.82 Å². The van der Waals surface area contributed by atoms with Crippen LogP contribution in [0.3, 0.4) is 0 Å². The van der Waals surface area contributed by atoms with E-state index in [0.29, 0.717) is 5.69 Å². The second kappa shape index (κ2) is 5.17. The number of benzene rings is 1. The Morgan fingerprint density at radius 2 is 1.74 bits per heavy atom. The zero-order valence-electron chi connectivity index (χ0n) is 11.7. The van der Waals surface area contributed by atoms with E-state index in [1.807, 2.05) is 0 Å². The van der Waals surface area contributed by atoms with Gasteiger partial charge in [-0.25, -0.2) is 4.39 Å². The Labute approximate surface area is 119 Å². The Bertz CT molecular complexity index is 462. The maximum Gasteiger partial charge on any atom is 0.143 e. The minimum absolute atomic E-state index is 0.127. The molecule has 0 aliphatic carbocycles. The Kier molecular flexibility index (Phi) is 3.92. The van der Waals surface area contributed by atoms with Crippen molar-refractivity contribution in [3.05, 3.63) is 23.0 Å². The molecule has 0 unspecified atom stereocenters. The predicted octanol–water partition coefficient (Wildman–Crippen LogP) is 2.98. The zero-order valence-corrected chi connectivity index (χ0v) is 12.5. The smallest absolute Gasteiger partial charge is 0.143 e. The first-order chi connectivity index (χ1) is 8.79. The number of rotatable bonds is 1. The van der Waals surface area contributed by atoms with E-state index in [1.54, 1.807) is 6.07 Å². The van der Waals surface area contributed by atoms with Crippen LogP contribution in [0.1, 0.15) is 20.8 Å². The molecule has 106 valence electrons. The van der Waals surface area contributed by atoms with Gasteiger partial charge in [-0.05, 0) is 26.8 Å². The van der Waals surface area contributed by atoms with E-state index in [2.05, 4.69) is 30.6 Å². The summed E-state index contributed by atoms with van der Waals surface area (Å²) in [5.74, 6) is -0.462. The second-order valence-electron chi connectivity index (χ2n) is 5.97. The molecule has 0 atom stereocenters. The molecular formula is C14H21ClFN3. The molecule has 5 heteroatoms. The number of piperazine rings is 1. The molecule has 1 aliphatic heterocycles. The molecule has 0 aromatic heterocycles. The van der Waals surface area contributed by atoms with Crippen LogP contribution >= 0.6 is 11.6 Å². The number of anilines is 2. The summed E-state index contributed by atoms with van der Waals surface area (Å²) in [6, 6.07) is 2.92. The maximum absolute atomic E-state index is 13.3. The highest BCUT2D eigenvalue weighted by Crippen LogP contribution is 2.30. The van der Waals surface area contributed by atoms with Crippen molar-refractivity contribution in [2.75, 3.05) is 36.8 Å². The van der Waals surface area contributed by atoms with E-state index in [9.17, 15) is 4.39 Å². The Balaban J connectivity index is 2.12. The summed E-state index contributed by atoms with van der Waals surface area (Å²) in [6.07, 6.45) is 0. The van der Waals surface area contributed by atoms with Crippen LogP contribution in [0.25, 0.3) is 0 Å². The molecule has 19 heavy (non-hydrogen) atoms. The number of nitrogen functional groups attached to an aromatic ring is 1. The van der Waals surface area contributed by atoms with E-state index in [1.165, 1.54) is 6.07 Å². The molecule has 1 fully saturated rings. The number of halogens is 2. The molecule has 1 saturated heterocycles. The van der Waals surface area contributed by atoms with Gasteiger partial charge in [0.05, 0.1) is 16.4 Å². The normalized spacial score (nSPS) is 17.8. The van der Waals surface area contributed by atoms with Gasteiger partial charge in [-0.1, -0.05) is 11.6 Å². The fourth-order valence-corrected chi connectivity index (χ4v) is 2.60. The number of hydrogen-bond donors (Lipinski definition) is 1. The number of hydrogen-bond acceptors (Lipinski definition) is 3. The summed E-state index contributed by atoms with van der Waals surface area (Å²) >= 11 is 5.84. The van der Waals surface area contributed by atoms with E-state index < -0.39 is 5.82 Å². The number of nitrogens with zero attached hydrogens (tertiary/aromatic N) is 2. The summed E-state index contributed by atoms with van der Waals surface area (Å²) in [7, 11) is 0. The van der Waals surface area contributed by atoms with Gasteiger partial charge in [0, 0.05) is 37.8 Å². The molecular weight excluding hydrogens is 265 g/mol. The lowest BCUT2D eigenvalue weighted by Gasteiger charge is -2.43. The third kappa shape index (κ3) is 3.12. The van der Waals surface area contributed by atoms with Gasteiger partial charge in [-0.2, -0.15) is 0 Å². The van der Waals surface area contributed by atoms with Crippen molar-refractivity contribution in [3.63, 3.8) is 0 Å². The van der Waals surface area contributed by atoms with Crippen molar-refractivity contribution < 1.29 is 4.39 Å². The van der Waals surface area contributed by atoms with Crippen LogP contribution in [0.15, 0.2) is 12.1 Å². The molecule has 0 saturated carbocycles. The summed E-state index contributed by atoms with van der Waals surface area (Å²) in [6.45, 7) is 10.3. The zero-order chi connectivity index (χ0) is 14.2. The van der Waals surface area contributed by atoms with Crippen LogP contribution in [0, 0.1) is 5.82 Å². The van der Waals surface area contributed by atoms with E-state index in [0.717, 1.165) is 31.9 Å². The van der Waals surface area contributed by atoms with Crippen LogP contribution in [0.5, 0.6) is 0 Å². The van der Waals surface area contributed by atoms with E-state index >= 15 is 0 Å². The molecule has 1 aromatic rings. The van der Waals surface area contributed by atoms with Gasteiger partial charge >= 0.3 is 0 Å². The molecule has 0 radical (unpaired) electrons. The molecule has 1 heterocycles. The minimum atomic E-state index is -0.462. The van der Waals surface area contributed by atoms with Gasteiger partial charge in [-0.15, -0.1) is 0 Å². The lowest BCUT2D eigenvalue weighted by molar-refractivity contribution is 0.128. The van der Waals surface area contributed by atoms with Gasteiger partial charge in [-0.3, -0.25) is 4.90 Å². The van der Waals surface area contributed by atoms with E-state index in [-0.39, 0.29) is 10.6 Å². The fourth-order valence-electron chi connectivity index (χ4n) is 2.44. The van der Waals surface area contributed by atoms with Crippen molar-refractivity contribution in [2.45, 2.75) is 26.3 Å². The Morgan fingerprint density at radius 3 is 2.26 bits per heavy atom. The van der Waals surface area contributed by atoms with Crippen LogP contribution in [0.4, 0.5) is 15.8 Å². The topological polar surface area (TPSA) is 32.5 Å². The van der Waals surface area contributed by atoms with Crippen LogP contribution in [0.2, 0.25) is 5.02 Å². The molecule has 2 rings (SSSR count). The highest BCUT2D eigenvalue weighted by molar-refractivity contribution is 6.31.